The molecule has 25 heavy (non-hydrogen) atoms. The third kappa shape index (κ3) is 2.71. The summed E-state index contributed by atoms with van der Waals surface area (Å²) < 4.78 is 18.0. The van der Waals surface area contributed by atoms with Crippen molar-refractivity contribution < 1.29 is 13.7 Å². The van der Waals surface area contributed by atoms with Gasteiger partial charge in [0.05, 0.1) is 11.2 Å². The molecule has 0 unspecified atom stereocenters. The molecule has 3 aromatic rings. The van der Waals surface area contributed by atoms with Gasteiger partial charge in [-0.05, 0) is 57.4 Å². The summed E-state index contributed by atoms with van der Waals surface area (Å²) in [5.41, 5.74) is 9.10. The Hall–Kier alpha value is -2.31. The van der Waals surface area contributed by atoms with Crippen molar-refractivity contribution in [2.45, 2.75) is 38.9 Å². The molecule has 2 heterocycles. The van der Waals surface area contributed by atoms with E-state index in [2.05, 4.69) is 4.98 Å². The molecule has 6 heteroatoms. The van der Waals surface area contributed by atoms with Gasteiger partial charge >= 0.3 is 7.12 Å². The van der Waals surface area contributed by atoms with Crippen molar-refractivity contribution in [2.75, 3.05) is 5.73 Å². The molecule has 1 aromatic heterocycles. The Morgan fingerprint density at radius 2 is 1.56 bits per heavy atom. The van der Waals surface area contributed by atoms with E-state index in [0.29, 0.717) is 17.2 Å². The Morgan fingerprint density at radius 1 is 0.920 bits per heavy atom. The van der Waals surface area contributed by atoms with Crippen molar-refractivity contribution >= 4 is 29.4 Å². The lowest BCUT2D eigenvalue weighted by Gasteiger charge is -2.32. The van der Waals surface area contributed by atoms with Crippen LogP contribution in [0.25, 0.3) is 22.6 Å². The number of nitrogens with zero attached hydrogens (tertiary/aromatic N) is 1. The predicted octanol–water partition coefficient (Wildman–Crippen LogP) is 3.38. The van der Waals surface area contributed by atoms with E-state index in [1.165, 1.54) is 0 Å². The summed E-state index contributed by atoms with van der Waals surface area (Å²) in [6, 6.07) is 13.4. The molecule has 0 atom stereocenters. The van der Waals surface area contributed by atoms with Crippen molar-refractivity contribution in [1.82, 2.24) is 4.98 Å². The quantitative estimate of drug-likeness (QED) is 0.574. The first-order chi connectivity index (χ1) is 11.7. The molecule has 0 radical (unpaired) electrons. The fourth-order valence-electron chi connectivity index (χ4n) is 2.83. The topological polar surface area (TPSA) is 70.5 Å². The maximum atomic E-state index is 6.08. The van der Waals surface area contributed by atoms with Crippen LogP contribution in [0.3, 0.4) is 0 Å². The number of oxazole rings is 1. The number of nitrogens with two attached hydrogens (primary N) is 1. The standard InChI is InChI=1S/C19H21BN2O3/c1-18(2)19(3,4)25-20(24-18)13-7-5-12(6-8-13)17-22-15-10-9-14(21)11-16(15)23-17/h5-11H,21H2,1-4H3. The molecule has 1 saturated heterocycles. The zero-order valence-electron chi connectivity index (χ0n) is 14.9. The summed E-state index contributed by atoms with van der Waals surface area (Å²) in [5.74, 6) is 0.570. The zero-order chi connectivity index (χ0) is 17.8. The summed E-state index contributed by atoms with van der Waals surface area (Å²) in [5, 5.41) is 0. The Balaban J connectivity index is 1.62. The number of nitrogen functional groups attached to an aromatic ring is 1. The van der Waals surface area contributed by atoms with Gasteiger partial charge in [0.15, 0.2) is 5.58 Å². The van der Waals surface area contributed by atoms with Gasteiger partial charge in [0, 0.05) is 17.3 Å². The molecular formula is C19H21BN2O3. The van der Waals surface area contributed by atoms with E-state index in [1.807, 2.05) is 64.1 Å². The first-order valence-electron chi connectivity index (χ1n) is 8.37. The molecule has 0 spiro atoms. The second-order valence-electron chi connectivity index (χ2n) is 7.46. The summed E-state index contributed by atoms with van der Waals surface area (Å²) in [4.78, 5) is 4.51. The molecule has 4 rings (SSSR count). The number of hydrogen-bond donors (Lipinski definition) is 1. The SMILES string of the molecule is CC1(C)OB(c2ccc(-c3nc4ccc(N)cc4o3)cc2)OC1(C)C. The highest BCUT2D eigenvalue weighted by Gasteiger charge is 2.51. The molecule has 1 aliphatic heterocycles. The van der Waals surface area contributed by atoms with E-state index >= 15 is 0 Å². The fourth-order valence-corrected chi connectivity index (χ4v) is 2.83. The van der Waals surface area contributed by atoms with Crippen LogP contribution in [-0.2, 0) is 9.31 Å². The van der Waals surface area contributed by atoms with Crippen molar-refractivity contribution in [1.29, 1.82) is 0 Å². The number of anilines is 1. The first kappa shape index (κ1) is 16.2. The zero-order valence-corrected chi connectivity index (χ0v) is 14.9. The minimum Gasteiger partial charge on any atom is -0.436 e. The lowest BCUT2D eigenvalue weighted by atomic mass is 9.79. The van der Waals surface area contributed by atoms with Gasteiger partial charge < -0.3 is 19.5 Å². The minimum atomic E-state index is -0.373. The average Bonchev–Trinajstić information content (AvgIpc) is 3.05. The second-order valence-corrected chi connectivity index (χ2v) is 7.46. The highest BCUT2D eigenvalue weighted by atomic mass is 16.7. The molecule has 1 fully saturated rings. The number of hydrogen-bond acceptors (Lipinski definition) is 5. The van der Waals surface area contributed by atoms with Gasteiger partial charge in [0.1, 0.15) is 5.52 Å². The summed E-state index contributed by atoms with van der Waals surface area (Å²) in [7, 11) is -0.373. The van der Waals surface area contributed by atoms with E-state index in [-0.39, 0.29) is 18.3 Å². The van der Waals surface area contributed by atoms with Crippen LogP contribution >= 0.6 is 0 Å². The molecule has 5 nitrogen and oxygen atoms in total. The highest BCUT2D eigenvalue weighted by Crippen LogP contribution is 2.36. The van der Waals surface area contributed by atoms with E-state index in [0.717, 1.165) is 16.5 Å². The number of rotatable bonds is 2. The van der Waals surface area contributed by atoms with Gasteiger partial charge in [0.2, 0.25) is 5.89 Å². The minimum absolute atomic E-state index is 0.351. The molecule has 2 N–H and O–H groups in total. The van der Waals surface area contributed by atoms with Crippen LogP contribution in [0, 0.1) is 0 Å². The van der Waals surface area contributed by atoms with Crippen LogP contribution in [-0.4, -0.2) is 23.3 Å². The van der Waals surface area contributed by atoms with Crippen LogP contribution in [0.2, 0.25) is 0 Å². The molecule has 2 aromatic carbocycles. The van der Waals surface area contributed by atoms with Crippen molar-refractivity contribution in [3.05, 3.63) is 42.5 Å². The van der Waals surface area contributed by atoms with E-state index in [9.17, 15) is 0 Å². The number of fused-ring (bicyclic) bond motifs is 1. The smallest absolute Gasteiger partial charge is 0.436 e. The lowest BCUT2D eigenvalue weighted by Crippen LogP contribution is -2.41. The van der Waals surface area contributed by atoms with E-state index in [1.54, 1.807) is 6.07 Å². The highest BCUT2D eigenvalue weighted by molar-refractivity contribution is 6.62. The van der Waals surface area contributed by atoms with Gasteiger partial charge in [-0.25, -0.2) is 4.98 Å². The van der Waals surface area contributed by atoms with Crippen LogP contribution in [0.5, 0.6) is 0 Å². The monoisotopic (exact) mass is 336 g/mol. The van der Waals surface area contributed by atoms with Crippen LogP contribution < -0.4 is 11.2 Å². The number of aromatic nitrogens is 1. The Bertz CT molecular complexity index is 915. The maximum absolute atomic E-state index is 6.08. The Kier molecular flexibility index (Phi) is 3.46. The van der Waals surface area contributed by atoms with Crippen LogP contribution in [0.1, 0.15) is 27.7 Å². The fraction of sp³-hybridized carbons (Fsp3) is 0.316. The normalized spacial score (nSPS) is 18.8. The Morgan fingerprint density at radius 3 is 2.20 bits per heavy atom. The third-order valence-corrected chi connectivity index (χ3v) is 5.10. The van der Waals surface area contributed by atoms with E-state index < -0.39 is 0 Å². The van der Waals surface area contributed by atoms with Crippen molar-refractivity contribution in [3.8, 4) is 11.5 Å². The molecule has 0 saturated carbocycles. The number of benzene rings is 2. The molecule has 0 amide bonds. The summed E-state index contributed by atoms with van der Waals surface area (Å²) in [6.45, 7) is 8.19. The molecular weight excluding hydrogens is 315 g/mol. The molecule has 1 aliphatic rings. The van der Waals surface area contributed by atoms with Gasteiger partial charge in [-0.3, -0.25) is 0 Å². The summed E-state index contributed by atoms with van der Waals surface area (Å²) >= 11 is 0. The van der Waals surface area contributed by atoms with Crippen molar-refractivity contribution in [3.63, 3.8) is 0 Å². The van der Waals surface area contributed by atoms with Crippen LogP contribution in [0.15, 0.2) is 46.9 Å². The van der Waals surface area contributed by atoms with Gasteiger partial charge in [-0.15, -0.1) is 0 Å². The van der Waals surface area contributed by atoms with E-state index in [4.69, 9.17) is 19.5 Å². The summed E-state index contributed by atoms with van der Waals surface area (Å²) in [6.07, 6.45) is 0. The van der Waals surface area contributed by atoms with Crippen molar-refractivity contribution in [2.24, 2.45) is 0 Å². The maximum Gasteiger partial charge on any atom is 0.494 e. The molecule has 0 bridgehead atoms. The largest absolute Gasteiger partial charge is 0.494 e. The second kappa shape index (κ2) is 5.34. The first-order valence-corrected chi connectivity index (χ1v) is 8.37. The van der Waals surface area contributed by atoms with Gasteiger partial charge in [-0.2, -0.15) is 0 Å². The Labute approximate surface area is 147 Å². The molecule has 0 aliphatic carbocycles. The predicted molar refractivity (Wildman–Crippen MR) is 99.6 cm³/mol. The average molecular weight is 336 g/mol. The van der Waals surface area contributed by atoms with Crippen LogP contribution in [0.4, 0.5) is 5.69 Å². The van der Waals surface area contributed by atoms with Gasteiger partial charge in [-0.1, -0.05) is 12.1 Å². The van der Waals surface area contributed by atoms with Gasteiger partial charge in [0.25, 0.3) is 0 Å². The lowest BCUT2D eigenvalue weighted by molar-refractivity contribution is 0.00578. The molecule has 128 valence electrons. The third-order valence-electron chi connectivity index (χ3n) is 5.10.